The van der Waals surface area contributed by atoms with E-state index in [1.807, 2.05) is 19.1 Å². The van der Waals surface area contributed by atoms with E-state index >= 15 is 0 Å². The van der Waals surface area contributed by atoms with Crippen LogP contribution in [0.1, 0.15) is 41.0 Å². The first-order chi connectivity index (χ1) is 14.6. The Labute approximate surface area is 175 Å². The minimum absolute atomic E-state index is 0.253. The molecule has 0 fully saturated rings. The number of carbonyl (C=O) groups excluding carboxylic acids is 2. The molecule has 0 radical (unpaired) electrons. The van der Waals surface area contributed by atoms with Crippen LogP contribution in [-0.4, -0.2) is 37.2 Å². The van der Waals surface area contributed by atoms with Gasteiger partial charge in [0.25, 0.3) is 0 Å². The first-order valence-corrected chi connectivity index (χ1v) is 9.75. The Hall–Kier alpha value is -3.61. The van der Waals surface area contributed by atoms with E-state index in [1.54, 1.807) is 44.4 Å². The molecule has 0 spiro atoms. The van der Waals surface area contributed by atoms with Gasteiger partial charge in [-0.2, -0.15) is 0 Å². The largest absolute Gasteiger partial charge is 0.497 e. The van der Waals surface area contributed by atoms with Crippen LogP contribution in [0.15, 0.2) is 48.7 Å². The minimum atomic E-state index is -0.475. The number of esters is 2. The molecule has 2 aromatic carbocycles. The van der Waals surface area contributed by atoms with Crippen molar-refractivity contribution < 1.29 is 23.8 Å². The molecule has 0 aliphatic rings. The molecule has 1 N–H and O–H groups in total. The molecule has 0 unspecified atom stereocenters. The van der Waals surface area contributed by atoms with Gasteiger partial charge in [-0.1, -0.05) is 6.92 Å². The van der Waals surface area contributed by atoms with Crippen LogP contribution in [0.2, 0.25) is 0 Å². The third-order valence-corrected chi connectivity index (χ3v) is 4.40. The molecule has 0 aliphatic heterocycles. The van der Waals surface area contributed by atoms with Gasteiger partial charge >= 0.3 is 11.9 Å². The van der Waals surface area contributed by atoms with E-state index in [-0.39, 0.29) is 12.6 Å². The van der Waals surface area contributed by atoms with E-state index in [2.05, 4.69) is 10.3 Å². The molecular weight excluding hydrogens is 384 g/mol. The van der Waals surface area contributed by atoms with Crippen molar-refractivity contribution in [3.63, 3.8) is 0 Å². The van der Waals surface area contributed by atoms with Crippen LogP contribution in [0, 0.1) is 0 Å². The van der Waals surface area contributed by atoms with Crippen LogP contribution in [0.25, 0.3) is 10.9 Å². The van der Waals surface area contributed by atoms with Crippen molar-refractivity contribution in [2.75, 3.05) is 25.6 Å². The number of hydrogen-bond donors (Lipinski definition) is 1. The molecule has 7 nitrogen and oxygen atoms in total. The van der Waals surface area contributed by atoms with Crippen LogP contribution in [0.4, 0.5) is 11.4 Å². The van der Waals surface area contributed by atoms with Gasteiger partial charge in [0.15, 0.2) is 0 Å². The number of rotatable bonds is 8. The summed E-state index contributed by atoms with van der Waals surface area (Å²) in [5.41, 5.74) is 2.72. The zero-order valence-electron chi connectivity index (χ0n) is 17.2. The summed E-state index contributed by atoms with van der Waals surface area (Å²) >= 11 is 0. The molecule has 0 amide bonds. The fourth-order valence-electron chi connectivity index (χ4n) is 2.91. The summed E-state index contributed by atoms with van der Waals surface area (Å²) in [6.07, 6.45) is 2.26. The van der Waals surface area contributed by atoms with Crippen molar-refractivity contribution >= 4 is 34.2 Å². The molecule has 0 saturated heterocycles. The summed E-state index contributed by atoms with van der Waals surface area (Å²) in [6.45, 7) is 4.32. The Morgan fingerprint density at radius 1 is 1.00 bits per heavy atom. The number of nitrogens with zero attached hydrogens (tertiary/aromatic N) is 1. The predicted molar refractivity (Wildman–Crippen MR) is 115 cm³/mol. The minimum Gasteiger partial charge on any atom is -0.497 e. The topological polar surface area (TPSA) is 86.8 Å². The zero-order valence-corrected chi connectivity index (χ0v) is 17.2. The summed E-state index contributed by atoms with van der Waals surface area (Å²) in [6, 6.07) is 12.3. The number of ether oxygens (including phenoxy) is 3. The van der Waals surface area contributed by atoms with Gasteiger partial charge in [-0.15, -0.1) is 0 Å². The van der Waals surface area contributed by atoms with Gasteiger partial charge in [-0.05, 0) is 55.8 Å². The molecule has 0 saturated carbocycles. The molecule has 1 heterocycles. The lowest BCUT2D eigenvalue weighted by molar-refractivity contribution is 0.0501. The monoisotopic (exact) mass is 408 g/mol. The summed E-state index contributed by atoms with van der Waals surface area (Å²) < 4.78 is 15.7. The molecule has 7 heteroatoms. The van der Waals surface area contributed by atoms with Crippen LogP contribution >= 0.6 is 0 Å². The highest BCUT2D eigenvalue weighted by Crippen LogP contribution is 2.32. The van der Waals surface area contributed by atoms with Crippen molar-refractivity contribution in [2.45, 2.75) is 20.3 Å². The number of carbonyl (C=O) groups is 2. The molecule has 3 aromatic rings. The fraction of sp³-hybridized carbons (Fsp3) is 0.261. The quantitative estimate of drug-likeness (QED) is 0.539. The molecule has 0 aliphatic carbocycles. The molecule has 0 atom stereocenters. The van der Waals surface area contributed by atoms with Crippen LogP contribution < -0.4 is 10.1 Å². The van der Waals surface area contributed by atoms with Crippen LogP contribution in [0.3, 0.4) is 0 Å². The number of anilines is 2. The first-order valence-electron chi connectivity index (χ1n) is 9.75. The second-order valence-corrected chi connectivity index (χ2v) is 6.49. The van der Waals surface area contributed by atoms with E-state index in [0.29, 0.717) is 45.8 Å². The lowest BCUT2D eigenvalue weighted by atomic mass is 10.1. The third kappa shape index (κ3) is 4.68. The summed E-state index contributed by atoms with van der Waals surface area (Å²) in [4.78, 5) is 28.9. The lowest BCUT2D eigenvalue weighted by Gasteiger charge is -2.15. The van der Waals surface area contributed by atoms with Crippen molar-refractivity contribution in [2.24, 2.45) is 0 Å². The van der Waals surface area contributed by atoms with Crippen molar-refractivity contribution in [3.8, 4) is 5.75 Å². The second-order valence-electron chi connectivity index (χ2n) is 6.49. The van der Waals surface area contributed by atoms with Crippen molar-refractivity contribution in [3.05, 3.63) is 59.8 Å². The van der Waals surface area contributed by atoms with E-state index in [4.69, 9.17) is 14.2 Å². The Morgan fingerprint density at radius 3 is 2.43 bits per heavy atom. The Morgan fingerprint density at radius 2 is 1.77 bits per heavy atom. The van der Waals surface area contributed by atoms with Gasteiger partial charge in [0.05, 0.1) is 37.1 Å². The van der Waals surface area contributed by atoms with Gasteiger partial charge in [0.1, 0.15) is 11.3 Å². The van der Waals surface area contributed by atoms with Crippen LogP contribution in [0.5, 0.6) is 5.75 Å². The number of nitrogens with one attached hydrogen (secondary N) is 1. The number of pyridine rings is 1. The van der Waals surface area contributed by atoms with Gasteiger partial charge in [-0.25, -0.2) is 9.59 Å². The molecule has 30 heavy (non-hydrogen) atoms. The van der Waals surface area contributed by atoms with Gasteiger partial charge in [0.2, 0.25) is 0 Å². The SMILES string of the molecule is CCCOC(=O)c1ccc(Nc2c(C(=O)OCC)cnc3ccc(OC)cc23)cc1. The van der Waals surface area contributed by atoms with Gasteiger partial charge in [0, 0.05) is 17.3 Å². The summed E-state index contributed by atoms with van der Waals surface area (Å²) in [5.74, 6) is -0.200. The highest BCUT2D eigenvalue weighted by molar-refractivity contribution is 6.06. The maximum absolute atomic E-state index is 12.5. The Balaban J connectivity index is 1.99. The Kier molecular flexibility index (Phi) is 6.85. The summed E-state index contributed by atoms with van der Waals surface area (Å²) in [5, 5.41) is 3.98. The number of benzene rings is 2. The normalized spacial score (nSPS) is 10.5. The Bertz CT molecular complexity index is 1050. The van der Waals surface area contributed by atoms with Crippen molar-refractivity contribution in [1.82, 2.24) is 4.98 Å². The number of methoxy groups -OCH3 is 1. The highest BCUT2D eigenvalue weighted by Gasteiger charge is 2.18. The zero-order chi connectivity index (χ0) is 21.5. The summed E-state index contributed by atoms with van der Waals surface area (Å²) in [7, 11) is 1.58. The standard InChI is InChI=1S/C23H24N2O5/c1-4-12-30-22(26)15-6-8-16(9-7-15)25-21-18-13-17(28-3)10-11-20(18)24-14-19(21)23(27)29-5-2/h6-11,13-14H,4-5,12H2,1-3H3,(H,24,25). The number of hydrogen-bond acceptors (Lipinski definition) is 7. The molecule has 0 bridgehead atoms. The van der Waals surface area contributed by atoms with E-state index in [9.17, 15) is 9.59 Å². The predicted octanol–water partition coefficient (Wildman–Crippen LogP) is 4.73. The van der Waals surface area contributed by atoms with Crippen molar-refractivity contribution in [1.29, 1.82) is 0 Å². The smallest absolute Gasteiger partial charge is 0.341 e. The third-order valence-electron chi connectivity index (χ3n) is 4.40. The molecular formula is C23H24N2O5. The maximum atomic E-state index is 12.5. The van der Waals surface area contributed by atoms with E-state index < -0.39 is 5.97 Å². The van der Waals surface area contributed by atoms with Gasteiger partial charge < -0.3 is 19.5 Å². The van der Waals surface area contributed by atoms with E-state index in [0.717, 1.165) is 6.42 Å². The fourth-order valence-corrected chi connectivity index (χ4v) is 2.91. The average molecular weight is 408 g/mol. The molecule has 3 rings (SSSR count). The highest BCUT2D eigenvalue weighted by atomic mass is 16.5. The second kappa shape index (κ2) is 9.73. The van der Waals surface area contributed by atoms with Crippen LogP contribution in [-0.2, 0) is 9.47 Å². The van der Waals surface area contributed by atoms with Gasteiger partial charge in [-0.3, -0.25) is 4.98 Å². The maximum Gasteiger partial charge on any atom is 0.341 e. The lowest BCUT2D eigenvalue weighted by Crippen LogP contribution is -2.09. The van der Waals surface area contributed by atoms with E-state index in [1.165, 1.54) is 6.20 Å². The molecule has 1 aromatic heterocycles. The number of fused-ring (bicyclic) bond motifs is 1. The first kappa shape index (κ1) is 21.1. The molecule has 156 valence electrons. The number of aromatic nitrogens is 1. The average Bonchev–Trinajstić information content (AvgIpc) is 2.77.